The zero-order chi connectivity index (χ0) is 15.4. The molecule has 0 saturated carbocycles. The highest BCUT2D eigenvalue weighted by molar-refractivity contribution is 5.92. The first-order valence-electron chi connectivity index (χ1n) is 5.89. The number of aromatic carboxylic acids is 1. The number of benzene rings is 2. The molecule has 0 aliphatic rings. The third kappa shape index (κ3) is 3.21. The van der Waals surface area contributed by atoms with E-state index in [4.69, 9.17) is 10.8 Å². The third-order valence-corrected chi connectivity index (χ3v) is 2.75. The number of nitrogen functional groups attached to an aromatic ring is 1. The van der Waals surface area contributed by atoms with E-state index in [9.17, 15) is 14.9 Å². The molecule has 0 bridgehead atoms. The summed E-state index contributed by atoms with van der Waals surface area (Å²) in [6, 6.07) is 10.2. The fraction of sp³-hybridized carbons (Fsp3) is 0. The van der Waals surface area contributed by atoms with Crippen molar-refractivity contribution < 1.29 is 14.8 Å². The number of carbonyl (C=O) groups is 1. The van der Waals surface area contributed by atoms with E-state index in [0.29, 0.717) is 5.56 Å². The molecule has 0 saturated heterocycles. The number of rotatable bonds is 4. The number of nitrogens with zero attached hydrogens (tertiary/aromatic N) is 2. The highest BCUT2D eigenvalue weighted by atomic mass is 16.6. The van der Waals surface area contributed by atoms with Crippen LogP contribution >= 0.6 is 0 Å². The van der Waals surface area contributed by atoms with Crippen LogP contribution in [0.15, 0.2) is 47.5 Å². The Balaban J connectivity index is 2.40. The predicted molar refractivity (Wildman–Crippen MR) is 78.2 cm³/mol. The minimum absolute atomic E-state index is 0.0407. The molecule has 0 aliphatic carbocycles. The lowest BCUT2D eigenvalue weighted by molar-refractivity contribution is -0.385. The zero-order valence-corrected chi connectivity index (χ0v) is 10.8. The maximum absolute atomic E-state index is 10.9. The van der Waals surface area contributed by atoms with Crippen LogP contribution in [0.25, 0.3) is 0 Å². The monoisotopic (exact) mass is 285 g/mol. The molecule has 0 aromatic heterocycles. The lowest BCUT2D eigenvalue weighted by Crippen LogP contribution is -1.97. The number of anilines is 1. The molecule has 0 heterocycles. The number of para-hydroxylation sites is 1. The van der Waals surface area contributed by atoms with Crippen molar-refractivity contribution in [3.8, 4) is 0 Å². The lowest BCUT2D eigenvalue weighted by Gasteiger charge is -2.02. The van der Waals surface area contributed by atoms with Crippen molar-refractivity contribution in [3.05, 3.63) is 63.7 Å². The number of nitrogens with two attached hydrogens (primary N) is 1. The summed E-state index contributed by atoms with van der Waals surface area (Å²) in [5.41, 5.74) is 6.50. The zero-order valence-electron chi connectivity index (χ0n) is 10.8. The number of aliphatic imine (C=N–C) groups is 1. The SMILES string of the molecule is Nc1ccc(C(=O)O)cc1N=Cc1ccccc1[N+](=O)[O-]. The maximum atomic E-state index is 10.9. The molecule has 21 heavy (non-hydrogen) atoms. The molecular formula is C14H11N3O4. The van der Waals surface area contributed by atoms with Gasteiger partial charge in [0.2, 0.25) is 0 Å². The van der Waals surface area contributed by atoms with E-state index in [-0.39, 0.29) is 22.6 Å². The summed E-state index contributed by atoms with van der Waals surface area (Å²) in [5, 5.41) is 19.8. The second-order valence-corrected chi connectivity index (χ2v) is 4.15. The first-order valence-corrected chi connectivity index (χ1v) is 5.89. The molecule has 0 atom stereocenters. The van der Waals surface area contributed by atoms with Gasteiger partial charge in [-0.2, -0.15) is 0 Å². The Hall–Kier alpha value is -3.22. The van der Waals surface area contributed by atoms with Crippen LogP contribution in [-0.4, -0.2) is 22.2 Å². The Kier molecular flexibility index (Phi) is 3.94. The minimum Gasteiger partial charge on any atom is -0.478 e. The Bertz CT molecular complexity index is 741. The summed E-state index contributed by atoms with van der Waals surface area (Å²) < 4.78 is 0. The number of carboxylic acid groups (broad SMARTS) is 1. The molecule has 0 aliphatic heterocycles. The van der Waals surface area contributed by atoms with Crippen LogP contribution in [0, 0.1) is 10.1 Å². The summed E-state index contributed by atoms with van der Waals surface area (Å²) in [5.74, 6) is -1.10. The van der Waals surface area contributed by atoms with Gasteiger partial charge in [0.25, 0.3) is 5.69 Å². The van der Waals surface area contributed by atoms with Crippen LogP contribution in [0.2, 0.25) is 0 Å². The van der Waals surface area contributed by atoms with E-state index >= 15 is 0 Å². The topological polar surface area (TPSA) is 119 Å². The first-order chi connectivity index (χ1) is 9.99. The fourth-order valence-electron chi connectivity index (χ4n) is 1.69. The maximum Gasteiger partial charge on any atom is 0.335 e. The summed E-state index contributed by atoms with van der Waals surface area (Å²) in [4.78, 5) is 25.3. The number of nitro benzene ring substituents is 1. The van der Waals surface area contributed by atoms with Gasteiger partial charge in [-0.05, 0) is 24.3 Å². The van der Waals surface area contributed by atoms with Gasteiger partial charge in [0, 0.05) is 12.3 Å². The number of carboxylic acids is 1. The van der Waals surface area contributed by atoms with Crippen LogP contribution in [0.4, 0.5) is 17.1 Å². The lowest BCUT2D eigenvalue weighted by atomic mass is 10.1. The van der Waals surface area contributed by atoms with Crippen LogP contribution in [0.3, 0.4) is 0 Å². The van der Waals surface area contributed by atoms with Gasteiger partial charge < -0.3 is 10.8 Å². The van der Waals surface area contributed by atoms with Gasteiger partial charge in [-0.25, -0.2) is 4.79 Å². The van der Waals surface area contributed by atoms with Crippen molar-refractivity contribution >= 4 is 29.2 Å². The Morgan fingerprint density at radius 2 is 2.00 bits per heavy atom. The fourth-order valence-corrected chi connectivity index (χ4v) is 1.69. The van der Waals surface area contributed by atoms with Crippen molar-refractivity contribution in [1.82, 2.24) is 0 Å². The molecule has 2 rings (SSSR count). The normalized spacial score (nSPS) is 10.7. The van der Waals surface area contributed by atoms with Gasteiger partial charge in [-0.3, -0.25) is 15.1 Å². The number of nitro groups is 1. The molecule has 2 aromatic carbocycles. The standard InChI is InChI=1S/C14H11N3O4/c15-11-6-5-9(14(18)19)7-12(11)16-8-10-3-1-2-4-13(10)17(20)21/h1-8H,15H2,(H,18,19). The molecule has 7 nitrogen and oxygen atoms in total. The van der Waals surface area contributed by atoms with Crippen molar-refractivity contribution in [2.75, 3.05) is 5.73 Å². The van der Waals surface area contributed by atoms with Gasteiger partial charge in [0.15, 0.2) is 0 Å². The van der Waals surface area contributed by atoms with Gasteiger partial charge >= 0.3 is 5.97 Å². The van der Waals surface area contributed by atoms with E-state index in [1.807, 2.05) is 0 Å². The van der Waals surface area contributed by atoms with Crippen LogP contribution in [-0.2, 0) is 0 Å². The molecule has 0 unspecified atom stereocenters. The average Bonchev–Trinajstić information content (AvgIpc) is 2.46. The Labute approximate surface area is 119 Å². The van der Waals surface area contributed by atoms with Crippen LogP contribution < -0.4 is 5.73 Å². The molecule has 106 valence electrons. The molecule has 0 spiro atoms. The van der Waals surface area contributed by atoms with E-state index in [1.54, 1.807) is 18.2 Å². The molecule has 0 amide bonds. The van der Waals surface area contributed by atoms with E-state index in [1.165, 1.54) is 30.5 Å². The average molecular weight is 285 g/mol. The second-order valence-electron chi connectivity index (χ2n) is 4.15. The Morgan fingerprint density at radius 1 is 1.29 bits per heavy atom. The van der Waals surface area contributed by atoms with Gasteiger partial charge in [-0.1, -0.05) is 12.1 Å². The van der Waals surface area contributed by atoms with Gasteiger partial charge in [-0.15, -0.1) is 0 Å². The van der Waals surface area contributed by atoms with Crippen LogP contribution in [0.5, 0.6) is 0 Å². The molecule has 7 heteroatoms. The third-order valence-electron chi connectivity index (χ3n) is 2.75. The van der Waals surface area contributed by atoms with Crippen molar-refractivity contribution in [2.24, 2.45) is 4.99 Å². The molecule has 3 N–H and O–H groups in total. The highest BCUT2D eigenvalue weighted by Gasteiger charge is 2.10. The summed E-state index contributed by atoms with van der Waals surface area (Å²) in [6.45, 7) is 0. The molecule has 2 aromatic rings. The second kappa shape index (κ2) is 5.83. The van der Waals surface area contributed by atoms with Gasteiger partial charge in [0.1, 0.15) is 0 Å². The smallest absolute Gasteiger partial charge is 0.335 e. The van der Waals surface area contributed by atoms with E-state index in [2.05, 4.69) is 4.99 Å². The van der Waals surface area contributed by atoms with Crippen molar-refractivity contribution in [2.45, 2.75) is 0 Å². The summed E-state index contributed by atoms with van der Waals surface area (Å²) in [7, 11) is 0. The van der Waals surface area contributed by atoms with Crippen molar-refractivity contribution in [1.29, 1.82) is 0 Å². The molecular weight excluding hydrogens is 274 g/mol. The number of hydrogen-bond acceptors (Lipinski definition) is 5. The quantitative estimate of drug-likeness (QED) is 0.387. The minimum atomic E-state index is -1.10. The van der Waals surface area contributed by atoms with E-state index in [0.717, 1.165) is 0 Å². The van der Waals surface area contributed by atoms with Crippen molar-refractivity contribution in [3.63, 3.8) is 0 Å². The van der Waals surface area contributed by atoms with Gasteiger partial charge in [0.05, 0.1) is 27.4 Å². The summed E-state index contributed by atoms with van der Waals surface area (Å²) >= 11 is 0. The largest absolute Gasteiger partial charge is 0.478 e. The Morgan fingerprint density at radius 3 is 2.67 bits per heavy atom. The van der Waals surface area contributed by atoms with Crippen LogP contribution in [0.1, 0.15) is 15.9 Å². The number of hydrogen-bond donors (Lipinski definition) is 2. The van der Waals surface area contributed by atoms with E-state index < -0.39 is 10.9 Å². The highest BCUT2D eigenvalue weighted by Crippen LogP contribution is 2.24. The first kappa shape index (κ1) is 14.2. The molecule has 0 fully saturated rings. The molecule has 0 radical (unpaired) electrons. The summed E-state index contributed by atoms with van der Waals surface area (Å²) in [6.07, 6.45) is 1.29. The predicted octanol–water partition coefficient (Wildman–Crippen LogP) is 2.63.